The lowest BCUT2D eigenvalue weighted by molar-refractivity contribution is 0.847. The second-order valence-electron chi connectivity index (χ2n) is 5.71. The highest BCUT2D eigenvalue weighted by atomic mass is 31.1. The number of unbranched alkanes of at least 4 members (excludes halogenated alkanes) is 3. The van der Waals surface area contributed by atoms with E-state index >= 15 is 0 Å². The zero-order valence-electron chi connectivity index (χ0n) is 14.5. The molecule has 1 aromatic carbocycles. The molecule has 2 rings (SSSR count). The number of hydrogen-bond donors (Lipinski definition) is 1. The maximum absolute atomic E-state index is 3.88. The highest BCUT2D eigenvalue weighted by Gasteiger charge is 2.05. The van der Waals surface area contributed by atoms with Gasteiger partial charge >= 0.3 is 0 Å². The van der Waals surface area contributed by atoms with Crippen molar-refractivity contribution in [1.29, 1.82) is 0 Å². The molecule has 0 spiro atoms. The van der Waals surface area contributed by atoms with E-state index in [1.54, 1.807) is 18.5 Å². The van der Waals surface area contributed by atoms with E-state index in [9.17, 15) is 0 Å². The molecular weight excluding hydrogens is 289 g/mol. The number of benzene rings is 1. The van der Waals surface area contributed by atoms with Gasteiger partial charge in [0.2, 0.25) is 0 Å². The Kier molecular flexibility index (Phi) is 10.9. The molecule has 0 bridgehead atoms. The van der Waals surface area contributed by atoms with Crippen molar-refractivity contribution in [3.63, 3.8) is 0 Å². The van der Waals surface area contributed by atoms with Crippen LogP contribution >= 0.6 is 7.92 Å². The van der Waals surface area contributed by atoms with Gasteiger partial charge in [-0.15, -0.1) is 7.92 Å². The Balaban J connectivity index is 0.000000231. The number of H-pyrrole nitrogens is 1. The van der Waals surface area contributed by atoms with Crippen LogP contribution in [0.4, 0.5) is 0 Å². The highest BCUT2D eigenvalue weighted by Crippen LogP contribution is 2.38. The van der Waals surface area contributed by atoms with E-state index in [0.717, 1.165) is 11.0 Å². The smallest absolute Gasteiger partial charge is 0.112 e. The Hall–Kier alpha value is -0.950. The Labute approximate surface area is 137 Å². The molecule has 1 N–H and O–H groups in total. The van der Waals surface area contributed by atoms with Crippen LogP contribution in [-0.4, -0.2) is 33.9 Å². The maximum Gasteiger partial charge on any atom is 0.112 e. The summed E-state index contributed by atoms with van der Waals surface area (Å²) < 4.78 is 0. The molecule has 4 heteroatoms. The summed E-state index contributed by atoms with van der Waals surface area (Å²) in [5.74, 6) is 0. The lowest BCUT2D eigenvalue weighted by Crippen LogP contribution is -1.95. The Bertz CT molecular complexity index is 435. The van der Waals surface area contributed by atoms with Gasteiger partial charge in [0.25, 0.3) is 0 Å². The van der Waals surface area contributed by atoms with Crippen LogP contribution in [0.25, 0.3) is 11.0 Å². The normalized spacial score (nSPS) is 10.7. The monoisotopic (exact) mass is 321 g/mol. The second kappa shape index (κ2) is 12.6. The van der Waals surface area contributed by atoms with Crippen LogP contribution in [0.2, 0.25) is 0 Å². The van der Waals surface area contributed by atoms with Crippen molar-refractivity contribution >= 4 is 19.0 Å². The maximum atomic E-state index is 3.88. The van der Waals surface area contributed by atoms with E-state index in [4.69, 9.17) is 0 Å². The van der Waals surface area contributed by atoms with Crippen molar-refractivity contribution in [2.75, 3.05) is 18.5 Å². The number of para-hydroxylation sites is 2. The van der Waals surface area contributed by atoms with Crippen LogP contribution in [0.5, 0.6) is 0 Å². The van der Waals surface area contributed by atoms with Crippen LogP contribution in [0.15, 0.2) is 24.3 Å². The molecule has 0 aliphatic heterocycles. The van der Waals surface area contributed by atoms with Crippen molar-refractivity contribution in [3.05, 3.63) is 24.3 Å². The van der Waals surface area contributed by atoms with E-state index in [1.807, 2.05) is 24.3 Å². The predicted octanol–water partition coefficient (Wildman–Crippen LogP) is 5.83. The summed E-state index contributed by atoms with van der Waals surface area (Å²) in [5, 5.41) is 10.3. The minimum atomic E-state index is 0.422. The van der Waals surface area contributed by atoms with Gasteiger partial charge < -0.3 is 0 Å². The van der Waals surface area contributed by atoms with Crippen LogP contribution in [-0.2, 0) is 0 Å². The average molecular weight is 321 g/mol. The zero-order chi connectivity index (χ0) is 16.0. The van der Waals surface area contributed by atoms with Crippen molar-refractivity contribution in [2.24, 2.45) is 0 Å². The summed E-state index contributed by atoms with van der Waals surface area (Å²) in [6.45, 7) is 6.94. The third-order valence-electron chi connectivity index (χ3n) is 3.71. The minimum absolute atomic E-state index is 0.422. The zero-order valence-corrected chi connectivity index (χ0v) is 15.4. The Morgan fingerprint density at radius 1 is 0.773 bits per heavy atom. The summed E-state index contributed by atoms with van der Waals surface area (Å²) in [4.78, 5) is 0. The number of nitrogens with zero attached hydrogens (tertiary/aromatic N) is 2. The lowest BCUT2D eigenvalue weighted by atomic mass is 10.3. The third-order valence-corrected chi connectivity index (χ3v) is 6.55. The fraction of sp³-hybridized carbons (Fsp3) is 0.667. The number of rotatable bonds is 9. The quantitative estimate of drug-likeness (QED) is 0.591. The predicted molar refractivity (Wildman–Crippen MR) is 100 cm³/mol. The Morgan fingerprint density at radius 2 is 1.18 bits per heavy atom. The summed E-state index contributed by atoms with van der Waals surface area (Å²) in [7, 11) is 0.422. The molecule has 0 fully saturated rings. The number of aromatic nitrogens is 3. The van der Waals surface area contributed by atoms with Gasteiger partial charge in [0, 0.05) is 0 Å². The average Bonchev–Trinajstić information content (AvgIpc) is 3.03. The van der Waals surface area contributed by atoms with Gasteiger partial charge in [0.05, 0.1) is 0 Å². The van der Waals surface area contributed by atoms with Crippen LogP contribution in [0.3, 0.4) is 0 Å². The fourth-order valence-electron chi connectivity index (χ4n) is 2.27. The molecule has 1 aromatic heterocycles. The first-order chi connectivity index (χ1) is 10.8. The van der Waals surface area contributed by atoms with Gasteiger partial charge in [0.1, 0.15) is 11.0 Å². The van der Waals surface area contributed by atoms with Gasteiger partial charge in [-0.1, -0.05) is 52.2 Å². The van der Waals surface area contributed by atoms with Gasteiger partial charge in [-0.25, -0.2) is 0 Å². The lowest BCUT2D eigenvalue weighted by Gasteiger charge is -2.16. The largest absolute Gasteiger partial charge is 0.197 e. The number of hydrogen-bond acceptors (Lipinski definition) is 2. The van der Waals surface area contributed by atoms with Gasteiger partial charge in [-0.05, 0) is 49.9 Å². The SMILES string of the molecule is CCCCP(CCCC)CCCC.c1ccc2n[nH]nc2c1. The van der Waals surface area contributed by atoms with Crippen LogP contribution < -0.4 is 0 Å². The number of fused-ring (bicyclic) bond motifs is 1. The summed E-state index contributed by atoms with van der Waals surface area (Å²) in [5.41, 5.74) is 1.83. The topological polar surface area (TPSA) is 41.6 Å². The third kappa shape index (κ3) is 7.89. The molecule has 3 nitrogen and oxygen atoms in total. The second-order valence-corrected chi connectivity index (χ2v) is 8.40. The van der Waals surface area contributed by atoms with Crippen LogP contribution in [0.1, 0.15) is 59.3 Å². The molecule has 2 aromatic rings. The van der Waals surface area contributed by atoms with Crippen molar-refractivity contribution < 1.29 is 0 Å². The van der Waals surface area contributed by atoms with Crippen molar-refractivity contribution in [3.8, 4) is 0 Å². The first kappa shape index (κ1) is 19.1. The number of aromatic amines is 1. The molecule has 0 saturated carbocycles. The molecule has 0 saturated heterocycles. The van der Waals surface area contributed by atoms with Gasteiger partial charge in [-0.3, -0.25) is 0 Å². The van der Waals surface area contributed by atoms with E-state index in [-0.39, 0.29) is 0 Å². The molecule has 124 valence electrons. The van der Waals surface area contributed by atoms with E-state index < -0.39 is 0 Å². The van der Waals surface area contributed by atoms with Crippen molar-refractivity contribution in [2.45, 2.75) is 59.3 Å². The molecular formula is C18H32N3P. The first-order valence-corrected chi connectivity index (χ1v) is 10.7. The molecule has 22 heavy (non-hydrogen) atoms. The minimum Gasteiger partial charge on any atom is -0.197 e. The van der Waals surface area contributed by atoms with E-state index in [2.05, 4.69) is 36.2 Å². The number of nitrogens with one attached hydrogen (secondary N) is 1. The van der Waals surface area contributed by atoms with E-state index in [1.165, 1.54) is 38.5 Å². The molecule has 0 atom stereocenters. The van der Waals surface area contributed by atoms with Crippen molar-refractivity contribution in [1.82, 2.24) is 15.4 Å². The van der Waals surface area contributed by atoms with Gasteiger partial charge in [0.15, 0.2) is 0 Å². The molecule has 0 aliphatic rings. The molecule has 1 heterocycles. The molecule has 0 amide bonds. The molecule has 0 unspecified atom stereocenters. The van der Waals surface area contributed by atoms with Gasteiger partial charge in [-0.2, -0.15) is 15.4 Å². The van der Waals surface area contributed by atoms with E-state index in [0.29, 0.717) is 7.92 Å². The Morgan fingerprint density at radius 3 is 1.55 bits per heavy atom. The first-order valence-electron chi connectivity index (χ1n) is 8.79. The summed E-state index contributed by atoms with van der Waals surface area (Å²) in [6.07, 6.45) is 13.2. The van der Waals surface area contributed by atoms with Crippen LogP contribution in [0, 0.1) is 0 Å². The molecule has 0 radical (unpaired) electrons. The standard InChI is InChI=1S/C12H27P.C6H5N3/c1-4-7-10-13(11-8-5-2)12-9-6-3;1-2-4-6-5(3-1)7-9-8-6/h4-12H2,1-3H3;1-4H,(H,7,8,9). The fourth-order valence-corrected chi connectivity index (χ4v) is 5.23. The highest BCUT2D eigenvalue weighted by molar-refractivity contribution is 7.57. The summed E-state index contributed by atoms with van der Waals surface area (Å²) in [6, 6.07) is 7.70. The molecule has 0 aliphatic carbocycles. The summed E-state index contributed by atoms with van der Waals surface area (Å²) >= 11 is 0.